The Labute approximate surface area is 115 Å². The molecule has 0 unspecified atom stereocenters. The van der Waals surface area contributed by atoms with Gasteiger partial charge in [-0.2, -0.15) is 13.2 Å². The summed E-state index contributed by atoms with van der Waals surface area (Å²) >= 11 is 0. The molecular formula is C14H16F3NO2. The number of rotatable bonds is 2. The van der Waals surface area contributed by atoms with Gasteiger partial charge in [0.1, 0.15) is 0 Å². The molecule has 0 aromatic heterocycles. The number of alkyl halides is 3. The molecule has 110 valence electrons. The predicted octanol–water partition coefficient (Wildman–Crippen LogP) is 2.39. The molecule has 1 heterocycles. The lowest BCUT2D eigenvalue weighted by molar-refractivity contribution is -0.253. The molecule has 0 saturated carbocycles. The third-order valence-corrected chi connectivity index (χ3v) is 3.67. The van der Waals surface area contributed by atoms with E-state index in [-0.39, 0.29) is 6.54 Å². The quantitative estimate of drug-likeness (QED) is 0.907. The second kappa shape index (κ2) is 5.09. The van der Waals surface area contributed by atoms with Crippen molar-refractivity contribution in [2.24, 2.45) is 0 Å². The number of hydrogen-bond acceptors (Lipinski definition) is 2. The smallest absolute Gasteiger partial charge is 0.379 e. The monoisotopic (exact) mass is 287 g/mol. The molecule has 20 heavy (non-hydrogen) atoms. The highest BCUT2D eigenvalue weighted by atomic mass is 19.4. The van der Waals surface area contributed by atoms with Crippen LogP contribution in [-0.4, -0.2) is 40.8 Å². The van der Waals surface area contributed by atoms with Gasteiger partial charge < -0.3 is 10.0 Å². The summed E-state index contributed by atoms with van der Waals surface area (Å²) in [6, 6.07) is 6.76. The fraction of sp³-hybridized carbons (Fsp3) is 0.500. The maximum absolute atomic E-state index is 12.7. The van der Waals surface area contributed by atoms with E-state index in [4.69, 9.17) is 0 Å². The summed E-state index contributed by atoms with van der Waals surface area (Å²) in [6.45, 7) is 1.18. The van der Waals surface area contributed by atoms with Crippen molar-refractivity contribution < 1.29 is 23.1 Å². The second-order valence-corrected chi connectivity index (χ2v) is 5.06. The summed E-state index contributed by atoms with van der Waals surface area (Å²) in [4.78, 5) is 13.2. The number of β-amino-alcohol motifs (C(OH)–C–C–N with tert-alkyl or cyclic N) is 1. The Kier molecular flexibility index (Phi) is 3.77. The van der Waals surface area contributed by atoms with Gasteiger partial charge in [-0.3, -0.25) is 4.79 Å². The van der Waals surface area contributed by atoms with Crippen LogP contribution in [0.5, 0.6) is 0 Å². The van der Waals surface area contributed by atoms with Crippen LogP contribution in [0.1, 0.15) is 29.3 Å². The van der Waals surface area contributed by atoms with Crippen molar-refractivity contribution >= 4 is 5.91 Å². The molecule has 1 N–H and O–H groups in total. The average Bonchev–Trinajstić information content (AvgIpc) is 2.82. The number of benzene rings is 1. The van der Waals surface area contributed by atoms with Gasteiger partial charge in [0.2, 0.25) is 0 Å². The first-order valence-corrected chi connectivity index (χ1v) is 6.44. The van der Waals surface area contributed by atoms with Crippen molar-refractivity contribution in [3.63, 3.8) is 0 Å². The van der Waals surface area contributed by atoms with Crippen molar-refractivity contribution in [2.45, 2.75) is 31.5 Å². The van der Waals surface area contributed by atoms with E-state index in [0.717, 1.165) is 16.9 Å². The minimum Gasteiger partial charge on any atom is -0.379 e. The molecule has 0 bridgehead atoms. The molecule has 1 fully saturated rings. The number of carbonyl (C=O) groups is 1. The van der Waals surface area contributed by atoms with Crippen LogP contribution in [0, 0.1) is 0 Å². The van der Waals surface area contributed by atoms with Gasteiger partial charge in [-0.15, -0.1) is 0 Å². The summed E-state index contributed by atoms with van der Waals surface area (Å²) in [5.74, 6) is -0.479. The largest absolute Gasteiger partial charge is 0.419 e. The topological polar surface area (TPSA) is 40.5 Å². The predicted molar refractivity (Wildman–Crippen MR) is 67.3 cm³/mol. The van der Waals surface area contributed by atoms with Gasteiger partial charge in [0.05, 0.1) is 6.54 Å². The van der Waals surface area contributed by atoms with E-state index in [2.05, 4.69) is 0 Å². The molecule has 3 nitrogen and oxygen atoms in total. The highest BCUT2D eigenvalue weighted by molar-refractivity contribution is 5.94. The number of nitrogens with zero attached hydrogens (tertiary/aromatic N) is 1. The zero-order valence-corrected chi connectivity index (χ0v) is 11.1. The lowest BCUT2D eigenvalue weighted by Crippen LogP contribution is -2.48. The Morgan fingerprint density at radius 2 is 1.95 bits per heavy atom. The molecule has 0 spiro atoms. The van der Waals surface area contributed by atoms with Crippen molar-refractivity contribution in [3.8, 4) is 0 Å². The maximum Gasteiger partial charge on any atom is 0.419 e. The molecule has 2 rings (SSSR count). The first-order chi connectivity index (χ1) is 9.27. The summed E-state index contributed by atoms with van der Waals surface area (Å²) < 4.78 is 38.1. The van der Waals surface area contributed by atoms with Crippen molar-refractivity contribution in [2.75, 3.05) is 13.1 Å². The van der Waals surface area contributed by atoms with Gasteiger partial charge in [0, 0.05) is 18.5 Å². The molecular weight excluding hydrogens is 271 g/mol. The third kappa shape index (κ3) is 2.65. The average molecular weight is 287 g/mol. The van der Waals surface area contributed by atoms with E-state index in [9.17, 15) is 23.1 Å². The molecule has 1 aromatic carbocycles. The number of hydrogen-bond donors (Lipinski definition) is 1. The van der Waals surface area contributed by atoms with Crippen LogP contribution in [0.2, 0.25) is 0 Å². The third-order valence-electron chi connectivity index (χ3n) is 3.67. The van der Waals surface area contributed by atoms with Crippen LogP contribution in [-0.2, 0) is 6.42 Å². The van der Waals surface area contributed by atoms with E-state index in [0.29, 0.717) is 5.56 Å². The molecule has 1 aliphatic heterocycles. The minimum absolute atomic E-state index is 0.0929. The van der Waals surface area contributed by atoms with Crippen LogP contribution in [0.3, 0.4) is 0 Å². The van der Waals surface area contributed by atoms with Crippen LogP contribution in [0.25, 0.3) is 0 Å². The van der Waals surface area contributed by atoms with Gasteiger partial charge in [-0.25, -0.2) is 0 Å². The van der Waals surface area contributed by atoms with E-state index >= 15 is 0 Å². The zero-order valence-electron chi connectivity index (χ0n) is 11.1. The maximum atomic E-state index is 12.7. The molecule has 1 amide bonds. The summed E-state index contributed by atoms with van der Waals surface area (Å²) in [7, 11) is 0. The molecule has 1 saturated heterocycles. The van der Waals surface area contributed by atoms with E-state index in [1.54, 1.807) is 24.3 Å². The van der Waals surface area contributed by atoms with Crippen molar-refractivity contribution in [1.82, 2.24) is 4.90 Å². The van der Waals surface area contributed by atoms with Crippen LogP contribution >= 0.6 is 0 Å². The Morgan fingerprint density at radius 1 is 1.35 bits per heavy atom. The normalized spacial score (nSPS) is 23.1. The summed E-state index contributed by atoms with van der Waals surface area (Å²) in [5.41, 5.74) is -1.39. The van der Waals surface area contributed by atoms with Crippen molar-refractivity contribution in [3.05, 3.63) is 35.4 Å². The molecule has 0 radical (unpaired) electrons. The number of aryl methyl sites for hydroxylation is 1. The SMILES string of the molecule is CCc1ccc(C(=O)N2CC[C@@](O)(C(F)(F)F)C2)cc1. The van der Waals surface area contributed by atoms with Gasteiger partial charge in [-0.1, -0.05) is 19.1 Å². The van der Waals surface area contributed by atoms with E-state index < -0.39 is 30.7 Å². The van der Waals surface area contributed by atoms with Gasteiger partial charge in [0.15, 0.2) is 5.60 Å². The zero-order chi connectivity index (χ0) is 15.0. The Hall–Kier alpha value is -1.56. The molecule has 1 aromatic rings. The number of halogens is 3. The minimum atomic E-state index is -4.71. The molecule has 1 aliphatic rings. The number of amides is 1. The highest BCUT2D eigenvalue weighted by Crippen LogP contribution is 2.37. The van der Waals surface area contributed by atoms with Gasteiger partial charge >= 0.3 is 6.18 Å². The Balaban J connectivity index is 2.11. The lowest BCUT2D eigenvalue weighted by atomic mass is 10.0. The fourth-order valence-corrected chi connectivity index (χ4v) is 2.26. The molecule has 1 atom stereocenters. The van der Waals surface area contributed by atoms with Crippen molar-refractivity contribution in [1.29, 1.82) is 0 Å². The van der Waals surface area contributed by atoms with Gasteiger partial charge in [-0.05, 0) is 24.1 Å². The first-order valence-electron chi connectivity index (χ1n) is 6.44. The van der Waals surface area contributed by atoms with E-state index in [1.165, 1.54) is 0 Å². The molecule has 0 aliphatic carbocycles. The van der Waals surface area contributed by atoms with E-state index in [1.807, 2.05) is 6.92 Å². The summed E-state index contributed by atoms with van der Waals surface area (Å²) in [6.07, 6.45) is -4.37. The molecule has 6 heteroatoms. The Bertz CT molecular complexity index is 498. The van der Waals surface area contributed by atoms with Crippen LogP contribution < -0.4 is 0 Å². The lowest BCUT2D eigenvalue weighted by Gasteiger charge is -2.25. The fourth-order valence-electron chi connectivity index (χ4n) is 2.26. The van der Waals surface area contributed by atoms with Crippen LogP contribution in [0.15, 0.2) is 24.3 Å². The number of aliphatic hydroxyl groups is 1. The number of likely N-dealkylation sites (tertiary alicyclic amines) is 1. The van der Waals surface area contributed by atoms with Crippen LogP contribution in [0.4, 0.5) is 13.2 Å². The number of carbonyl (C=O) groups excluding carboxylic acids is 1. The van der Waals surface area contributed by atoms with Gasteiger partial charge in [0.25, 0.3) is 5.91 Å². The second-order valence-electron chi connectivity index (χ2n) is 5.06. The Morgan fingerprint density at radius 3 is 2.40 bits per heavy atom. The standard InChI is InChI=1S/C14H16F3NO2/c1-2-10-3-5-11(6-4-10)12(19)18-8-7-13(20,9-18)14(15,16)17/h3-6,20H,2,7-9H2,1H3/t13-/m0/s1. The first kappa shape index (κ1) is 14.8. The highest BCUT2D eigenvalue weighted by Gasteiger charge is 2.57. The summed E-state index contributed by atoms with van der Waals surface area (Å²) in [5, 5.41) is 9.56.